The van der Waals surface area contributed by atoms with E-state index in [0.29, 0.717) is 5.92 Å². The van der Waals surface area contributed by atoms with Crippen molar-refractivity contribution in [3.05, 3.63) is 30.3 Å². The number of thioether (sulfide) groups is 1. The molecule has 4 atom stereocenters. The average molecular weight is 394 g/mol. The van der Waals surface area contributed by atoms with Gasteiger partial charge in [-0.25, -0.2) is 12.7 Å². The van der Waals surface area contributed by atoms with Crippen LogP contribution in [-0.2, 0) is 14.8 Å². The number of fused-ring (bicyclic) bond motifs is 1. The van der Waals surface area contributed by atoms with Crippen LogP contribution in [0.3, 0.4) is 0 Å². The first-order valence-electron chi connectivity index (χ1n) is 9.44. The monoisotopic (exact) mass is 393 g/mol. The number of hydrogen-bond donors (Lipinski definition) is 0. The third-order valence-electron chi connectivity index (χ3n) is 7.20. The van der Waals surface area contributed by atoms with Crippen LogP contribution < -0.4 is 0 Å². The zero-order valence-corrected chi connectivity index (χ0v) is 17.3. The van der Waals surface area contributed by atoms with E-state index in [1.165, 1.54) is 4.31 Å². The molecule has 0 unspecified atom stereocenters. The van der Waals surface area contributed by atoms with Crippen molar-refractivity contribution in [1.29, 1.82) is 0 Å². The molecular formula is C20H27NO3S2. The molecule has 4 nitrogen and oxygen atoms in total. The molecule has 0 N–H and O–H groups in total. The molecule has 3 aliphatic rings. The summed E-state index contributed by atoms with van der Waals surface area (Å²) in [5.41, 5.74) is -0.230. The summed E-state index contributed by atoms with van der Waals surface area (Å²) in [6.07, 6.45) is 3.14. The Hall–Kier alpha value is -1.01. The van der Waals surface area contributed by atoms with Crippen LogP contribution in [-0.4, -0.2) is 35.7 Å². The largest absolute Gasteiger partial charge is 0.274 e. The minimum absolute atomic E-state index is 0.00414. The van der Waals surface area contributed by atoms with Crippen LogP contribution >= 0.6 is 11.8 Å². The Morgan fingerprint density at radius 2 is 2.00 bits per heavy atom. The van der Waals surface area contributed by atoms with Crippen molar-refractivity contribution in [2.24, 2.45) is 16.7 Å². The van der Waals surface area contributed by atoms with Gasteiger partial charge in [0.1, 0.15) is 0 Å². The fraction of sp³-hybridized carbons (Fsp3) is 0.650. The summed E-state index contributed by atoms with van der Waals surface area (Å²) in [6.45, 7) is 6.42. The van der Waals surface area contributed by atoms with Gasteiger partial charge in [0.2, 0.25) is 15.9 Å². The third kappa shape index (κ3) is 2.55. The second-order valence-corrected chi connectivity index (χ2v) is 12.1. The minimum Gasteiger partial charge on any atom is -0.274 e. The fourth-order valence-corrected chi connectivity index (χ4v) is 9.29. The van der Waals surface area contributed by atoms with Crippen molar-refractivity contribution >= 4 is 27.7 Å². The van der Waals surface area contributed by atoms with Crippen molar-refractivity contribution in [2.45, 2.75) is 62.6 Å². The third-order valence-corrected chi connectivity index (χ3v) is 10.3. The molecule has 1 aliphatic heterocycles. The molecule has 1 aromatic rings. The molecule has 2 aliphatic carbocycles. The maximum absolute atomic E-state index is 13.0. The summed E-state index contributed by atoms with van der Waals surface area (Å²) < 4.78 is 27.2. The van der Waals surface area contributed by atoms with Crippen molar-refractivity contribution in [3.63, 3.8) is 0 Å². The summed E-state index contributed by atoms with van der Waals surface area (Å²) in [5.74, 6) is 0.473. The van der Waals surface area contributed by atoms with E-state index in [0.717, 1.165) is 24.2 Å². The highest BCUT2D eigenvalue weighted by atomic mass is 32.2. The molecule has 1 aromatic carbocycles. The van der Waals surface area contributed by atoms with E-state index in [1.807, 2.05) is 37.3 Å². The van der Waals surface area contributed by atoms with Gasteiger partial charge in [0.05, 0.1) is 11.8 Å². The molecular weight excluding hydrogens is 366 g/mol. The van der Waals surface area contributed by atoms with Gasteiger partial charge in [-0.3, -0.25) is 4.79 Å². The van der Waals surface area contributed by atoms with Crippen LogP contribution in [0.25, 0.3) is 0 Å². The Kier molecular flexibility index (Phi) is 4.23. The van der Waals surface area contributed by atoms with Crippen molar-refractivity contribution in [2.75, 3.05) is 5.75 Å². The Bertz CT molecular complexity index is 821. The summed E-state index contributed by atoms with van der Waals surface area (Å²) in [7, 11) is -3.50. The molecule has 142 valence electrons. The Morgan fingerprint density at radius 1 is 1.31 bits per heavy atom. The summed E-state index contributed by atoms with van der Waals surface area (Å²) in [6, 6.07) is 9.83. The molecule has 3 fully saturated rings. The van der Waals surface area contributed by atoms with Gasteiger partial charge in [-0.1, -0.05) is 39.0 Å². The molecule has 0 aromatic heterocycles. The van der Waals surface area contributed by atoms with E-state index in [1.54, 1.807) is 11.8 Å². The van der Waals surface area contributed by atoms with Crippen LogP contribution in [0.1, 0.15) is 46.5 Å². The molecule has 4 rings (SSSR count). The molecule has 2 bridgehead atoms. The Balaban J connectivity index is 1.53. The molecule has 1 saturated heterocycles. The summed E-state index contributed by atoms with van der Waals surface area (Å²) in [5, 5.41) is 0.0447. The van der Waals surface area contributed by atoms with E-state index in [2.05, 4.69) is 13.8 Å². The maximum Gasteiger partial charge on any atom is 0.238 e. The van der Waals surface area contributed by atoms with E-state index in [4.69, 9.17) is 0 Å². The molecule has 2 saturated carbocycles. The first-order chi connectivity index (χ1) is 12.2. The first kappa shape index (κ1) is 18.4. The number of amides is 1. The van der Waals surface area contributed by atoms with E-state index in [-0.39, 0.29) is 40.2 Å². The molecule has 1 heterocycles. The first-order valence-corrected chi connectivity index (χ1v) is 11.9. The van der Waals surface area contributed by atoms with Gasteiger partial charge in [0.15, 0.2) is 0 Å². The van der Waals surface area contributed by atoms with Crippen molar-refractivity contribution in [1.82, 2.24) is 4.31 Å². The Labute approximate surface area is 160 Å². The smallest absolute Gasteiger partial charge is 0.238 e. The average Bonchev–Trinajstić information content (AvgIpc) is 3.02. The maximum atomic E-state index is 13.0. The lowest BCUT2D eigenvalue weighted by Gasteiger charge is -2.37. The lowest BCUT2D eigenvalue weighted by Crippen LogP contribution is -2.44. The highest BCUT2D eigenvalue weighted by Gasteiger charge is 2.72. The van der Waals surface area contributed by atoms with Crippen LogP contribution in [0.2, 0.25) is 0 Å². The quantitative estimate of drug-likeness (QED) is 0.728. The molecule has 1 amide bonds. The van der Waals surface area contributed by atoms with Crippen LogP contribution in [0.4, 0.5) is 0 Å². The van der Waals surface area contributed by atoms with Gasteiger partial charge < -0.3 is 0 Å². The van der Waals surface area contributed by atoms with Gasteiger partial charge in [-0.15, -0.1) is 11.8 Å². The lowest BCUT2D eigenvalue weighted by molar-refractivity contribution is -0.128. The number of benzene rings is 1. The Morgan fingerprint density at radius 3 is 2.65 bits per heavy atom. The van der Waals surface area contributed by atoms with Crippen LogP contribution in [0.15, 0.2) is 35.2 Å². The number of carbonyl (C=O) groups excluding carboxylic acids is 1. The van der Waals surface area contributed by atoms with Gasteiger partial charge in [-0.2, -0.15) is 0 Å². The van der Waals surface area contributed by atoms with E-state index < -0.39 is 10.0 Å². The summed E-state index contributed by atoms with van der Waals surface area (Å²) >= 11 is 1.63. The number of sulfonamides is 1. The highest BCUT2D eigenvalue weighted by molar-refractivity contribution is 8.00. The summed E-state index contributed by atoms with van der Waals surface area (Å²) in [4.78, 5) is 14.1. The van der Waals surface area contributed by atoms with Gasteiger partial charge in [0, 0.05) is 22.0 Å². The zero-order valence-electron chi connectivity index (χ0n) is 15.6. The van der Waals surface area contributed by atoms with Crippen molar-refractivity contribution < 1.29 is 13.2 Å². The highest BCUT2D eigenvalue weighted by Crippen LogP contribution is 2.70. The van der Waals surface area contributed by atoms with E-state index >= 15 is 0 Å². The van der Waals surface area contributed by atoms with Gasteiger partial charge in [0.25, 0.3) is 0 Å². The number of rotatable bonds is 4. The number of carbonyl (C=O) groups is 1. The minimum atomic E-state index is -3.50. The predicted octanol–water partition coefficient (Wildman–Crippen LogP) is 3.92. The van der Waals surface area contributed by atoms with E-state index in [9.17, 15) is 13.2 Å². The second kappa shape index (κ2) is 5.99. The van der Waals surface area contributed by atoms with Crippen molar-refractivity contribution in [3.8, 4) is 0 Å². The van der Waals surface area contributed by atoms with Crippen LogP contribution in [0.5, 0.6) is 0 Å². The normalized spacial score (nSPS) is 34.7. The number of nitrogens with zero attached hydrogens (tertiary/aromatic N) is 1. The molecule has 26 heavy (non-hydrogen) atoms. The zero-order chi connectivity index (χ0) is 18.7. The molecule has 6 heteroatoms. The molecule has 1 spiro atoms. The SMILES string of the molecule is C[C@H](CC(=O)N1[C@@H]2C[C@H]3CC[C@]2(CS1(=O)=O)C3(C)C)Sc1ccccc1. The van der Waals surface area contributed by atoms with Gasteiger partial charge in [-0.05, 0) is 42.7 Å². The standard InChI is InChI=1S/C20H27NO3S2/c1-14(25-16-7-5-4-6-8-16)11-18(22)21-17-12-15-9-10-20(17,19(15,2)3)13-26(21,23)24/h4-8,14-15,17H,9-13H2,1-3H3/t14-,15-,17-,20-/m1/s1. The second-order valence-electron chi connectivity index (χ2n) is 8.76. The lowest BCUT2D eigenvalue weighted by atomic mass is 9.69. The predicted molar refractivity (Wildman–Crippen MR) is 104 cm³/mol. The fourth-order valence-electron chi connectivity index (χ4n) is 5.73. The topological polar surface area (TPSA) is 54.5 Å². The number of hydrogen-bond acceptors (Lipinski definition) is 4. The van der Waals surface area contributed by atoms with Crippen LogP contribution in [0, 0.1) is 16.7 Å². The molecule has 0 radical (unpaired) electrons. The van der Waals surface area contributed by atoms with Gasteiger partial charge >= 0.3 is 0 Å².